The van der Waals surface area contributed by atoms with Crippen LogP contribution in [0.2, 0.25) is 0 Å². The monoisotopic (exact) mass is 233 g/mol. The van der Waals surface area contributed by atoms with E-state index in [0.717, 1.165) is 25.9 Å². The molecule has 0 aromatic heterocycles. The topological polar surface area (TPSA) is 58.4 Å². The fourth-order valence-corrected chi connectivity index (χ4v) is 2.34. The van der Waals surface area contributed by atoms with Crippen LogP contribution in [0.1, 0.15) is 24.0 Å². The SMILES string of the molecule is Cc1ccc2c(c1)CCCN2CCC(=O)NN. The van der Waals surface area contributed by atoms with Gasteiger partial charge in [0, 0.05) is 25.2 Å². The highest BCUT2D eigenvalue weighted by Crippen LogP contribution is 2.27. The quantitative estimate of drug-likeness (QED) is 0.467. The Bertz CT molecular complexity index is 417. The first-order valence-electron chi connectivity index (χ1n) is 6.04. The molecule has 0 saturated carbocycles. The predicted octanol–water partition coefficient (Wildman–Crippen LogP) is 1.13. The molecular formula is C13H19N3O. The van der Waals surface area contributed by atoms with Gasteiger partial charge in [0.05, 0.1) is 0 Å². The summed E-state index contributed by atoms with van der Waals surface area (Å²) in [5.41, 5.74) is 6.13. The summed E-state index contributed by atoms with van der Waals surface area (Å²) in [6, 6.07) is 6.52. The van der Waals surface area contributed by atoms with E-state index in [9.17, 15) is 4.79 Å². The first-order chi connectivity index (χ1) is 8.20. The van der Waals surface area contributed by atoms with Crippen molar-refractivity contribution in [2.45, 2.75) is 26.2 Å². The Morgan fingerprint density at radius 1 is 1.53 bits per heavy atom. The van der Waals surface area contributed by atoms with Crippen molar-refractivity contribution in [3.8, 4) is 0 Å². The molecule has 4 heteroatoms. The molecule has 0 unspecified atom stereocenters. The number of hydrogen-bond donors (Lipinski definition) is 2. The highest BCUT2D eigenvalue weighted by Gasteiger charge is 2.17. The van der Waals surface area contributed by atoms with Gasteiger partial charge in [-0.25, -0.2) is 5.84 Å². The highest BCUT2D eigenvalue weighted by atomic mass is 16.2. The molecule has 92 valence electrons. The van der Waals surface area contributed by atoms with Gasteiger partial charge in [0.2, 0.25) is 5.91 Å². The second-order valence-corrected chi connectivity index (χ2v) is 4.54. The molecule has 1 aromatic rings. The summed E-state index contributed by atoms with van der Waals surface area (Å²) in [6.45, 7) is 3.87. The van der Waals surface area contributed by atoms with Crippen LogP contribution in [0, 0.1) is 6.92 Å². The number of hydrogen-bond acceptors (Lipinski definition) is 3. The normalized spacial score (nSPS) is 14.4. The summed E-state index contributed by atoms with van der Waals surface area (Å²) in [6.07, 6.45) is 2.74. The molecule has 17 heavy (non-hydrogen) atoms. The third-order valence-corrected chi connectivity index (χ3v) is 3.22. The van der Waals surface area contributed by atoms with Gasteiger partial charge in [-0.3, -0.25) is 10.2 Å². The van der Waals surface area contributed by atoms with Gasteiger partial charge in [-0.15, -0.1) is 0 Å². The number of nitrogens with zero attached hydrogens (tertiary/aromatic N) is 1. The largest absolute Gasteiger partial charge is 0.371 e. The maximum absolute atomic E-state index is 11.2. The van der Waals surface area contributed by atoms with Gasteiger partial charge < -0.3 is 4.90 Å². The van der Waals surface area contributed by atoms with E-state index in [0.29, 0.717) is 6.42 Å². The summed E-state index contributed by atoms with van der Waals surface area (Å²) < 4.78 is 0. The van der Waals surface area contributed by atoms with Gasteiger partial charge in [0.15, 0.2) is 0 Å². The molecular weight excluding hydrogens is 214 g/mol. The van der Waals surface area contributed by atoms with Crippen LogP contribution in [0.4, 0.5) is 5.69 Å². The summed E-state index contributed by atoms with van der Waals surface area (Å²) in [7, 11) is 0. The van der Waals surface area contributed by atoms with E-state index in [4.69, 9.17) is 5.84 Å². The van der Waals surface area contributed by atoms with Crippen LogP contribution in [0.25, 0.3) is 0 Å². The van der Waals surface area contributed by atoms with Gasteiger partial charge in [0.1, 0.15) is 0 Å². The van der Waals surface area contributed by atoms with Gasteiger partial charge >= 0.3 is 0 Å². The summed E-state index contributed by atoms with van der Waals surface area (Å²) in [5.74, 6) is 4.98. The molecule has 2 rings (SSSR count). The molecule has 1 aromatic carbocycles. The third kappa shape index (κ3) is 2.77. The van der Waals surface area contributed by atoms with Crippen LogP contribution in [0.15, 0.2) is 18.2 Å². The Labute approximate surface area is 102 Å². The van der Waals surface area contributed by atoms with Crippen molar-refractivity contribution in [1.82, 2.24) is 5.43 Å². The number of aryl methyl sites for hydroxylation is 2. The van der Waals surface area contributed by atoms with Crippen LogP contribution in [0.5, 0.6) is 0 Å². The number of amides is 1. The van der Waals surface area contributed by atoms with Crippen LogP contribution >= 0.6 is 0 Å². The fraction of sp³-hybridized carbons (Fsp3) is 0.462. The number of carbonyl (C=O) groups is 1. The minimum absolute atomic E-state index is 0.107. The van der Waals surface area contributed by atoms with Crippen molar-refractivity contribution in [3.63, 3.8) is 0 Å². The lowest BCUT2D eigenvalue weighted by molar-refractivity contribution is -0.120. The molecule has 1 aliphatic heterocycles. The van der Waals surface area contributed by atoms with Gasteiger partial charge in [0.25, 0.3) is 0 Å². The number of benzene rings is 1. The zero-order chi connectivity index (χ0) is 12.3. The average Bonchev–Trinajstić information content (AvgIpc) is 2.35. The number of rotatable bonds is 3. The van der Waals surface area contributed by atoms with E-state index in [1.54, 1.807) is 0 Å². The lowest BCUT2D eigenvalue weighted by atomic mass is 9.99. The molecule has 0 fully saturated rings. The number of nitrogens with two attached hydrogens (primary N) is 1. The first-order valence-corrected chi connectivity index (χ1v) is 6.04. The zero-order valence-electron chi connectivity index (χ0n) is 10.2. The Balaban J connectivity index is 2.09. The summed E-state index contributed by atoms with van der Waals surface area (Å²) >= 11 is 0. The predicted molar refractivity (Wildman–Crippen MR) is 68.7 cm³/mol. The molecule has 1 amide bonds. The number of nitrogens with one attached hydrogen (secondary N) is 1. The molecule has 0 atom stereocenters. The van der Waals surface area contributed by atoms with Crippen LogP contribution < -0.4 is 16.2 Å². The molecule has 4 nitrogen and oxygen atoms in total. The number of anilines is 1. The van der Waals surface area contributed by atoms with Crippen LogP contribution in [0.3, 0.4) is 0 Å². The molecule has 0 saturated heterocycles. The van der Waals surface area contributed by atoms with E-state index < -0.39 is 0 Å². The van der Waals surface area contributed by atoms with E-state index in [2.05, 4.69) is 35.4 Å². The van der Waals surface area contributed by atoms with Crippen molar-refractivity contribution in [2.24, 2.45) is 5.84 Å². The molecule has 3 N–H and O–H groups in total. The Morgan fingerprint density at radius 3 is 3.12 bits per heavy atom. The molecule has 1 heterocycles. The minimum Gasteiger partial charge on any atom is -0.371 e. The second-order valence-electron chi connectivity index (χ2n) is 4.54. The van der Waals surface area contributed by atoms with E-state index in [-0.39, 0.29) is 5.91 Å². The Hall–Kier alpha value is -1.55. The van der Waals surface area contributed by atoms with Crippen LogP contribution in [-0.2, 0) is 11.2 Å². The molecule has 0 spiro atoms. The van der Waals surface area contributed by atoms with Crippen molar-refractivity contribution in [2.75, 3.05) is 18.0 Å². The lowest BCUT2D eigenvalue weighted by Crippen LogP contribution is -2.36. The van der Waals surface area contributed by atoms with Crippen LogP contribution in [-0.4, -0.2) is 19.0 Å². The fourth-order valence-electron chi connectivity index (χ4n) is 2.34. The maximum Gasteiger partial charge on any atom is 0.235 e. The van der Waals surface area contributed by atoms with E-state index >= 15 is 0 Å². The van der Waals surface area contributed by atoms with E-state index in [1.165, 1.54) is 16.8 Å². The number of fused-ring (bicyclic) bond motifs is 1. The average molecular weight is 233 g/mol. The first kappa shape index (κ1) is 11.9. The van der Waals surface area contributed by atoms with Crippen molar-refractivity contribution in [3.05, 3.63) is 29.3 Å². The van der Waals surface area contributed by atoms with E-state index in [1.807, 2.05) is 0 Å². The van der Waals surface area contributed by atoms with Gasteiger partial charge in [-0.2, -0.15) is 0 Å². The van der Waals surface area contributed by atoms with Crippen molar-refractivity contribution < 1.29 is 4.79 Å². The molecule has 0 radical (unpaired) electrons. The summed E-state index contributed by atoms with van der Waals surface area (Å²) in [5, 5.41) is 0. The smallest absolute Gasteiger partial charge is 0.235 e. The molecule has 0 bridgehead atoms. The highest BCUT2D eigenvalue weighted by molar-refractivity contribution is 5.76. The Morgan fingerprint density at radius 2 is 2.35 bits per heavy atom. The maximum atomic E-state index is 11.2. The van der Waals surface area contributed by atoms with Gasteiger partial charge in [-0.05, 0) is 31.4 Å². The Kier molecular flexibility index (Phi) is 3.64. The second kappa shape index (κ2) is 5.19. The lowest BCUT2D eigenvalue weighted by Gasteiger charge is -2.31. The van der Waals surface area contributed by atoms with Crippen molar-refractivity contribution in [1.29, 1.82) is 0 Å². The number of hydrazine groups is 1. The number of carbonyl (C=O) groups excluding carboxylic acids is 1. The van der Waals surface area contributed by atoms with Gasteiger partial charge in [-0.1, -0.05) is 17.7 Å². The molecule has 0 aliphatic carbocycles. The van der Waals surface area contributed by atoms with Crippen molar-refractivity contribution >= 4 is 11.6 Å². The standard InChI is InChI=1S/C13H19N3O/c1-10-4-5-12-11(9-10)3-2-7-16(12)8-6-13(17)15-14/h4-5,9H,2-3,6-8,14H2,1H3,(H,15,17). The summed E-state index contributed by atoms with van der Waals surface area (Å²) in [4.78, 5) is 13.4. The third-order valence-electron chi connectivity index (χ3n) is 3.22. The minimum atomic E-state index is -0.107. The zero-order valence-corrected chi connectivity index (χ0v) is 10.2. The molecule has 1 aliphatic rings.